The Kier molecular flexibility index (Phi) is 3.64. The highest BCUT2D eigenvalue weighted by atomic mass is 35.5. The molecule has 2 aliphatic heterocycles. The Morgan fingerprint density at radius 3 is 2.92 bits per heavy atom. The van der Waals surface area contributed by atoms with E-state index in [-0.39, 0.29) is 28.8 Å². The van der Waals surface area contributed by atoms with Gasteiger partial charge in [-0.3, -0.25) is 0 Å². The number of aromatic nitrogens is 1. The number of carbonyl (C=O) groups excluding carboxylic acids is 1. The van der Waals surface area contributed by atoms with E-state index in [0.717, 1.165) is 24.5 Å². The van der Waals surface area contributed by atoms with Gasteiger partial charge in [0.15, 0.2) is 0 Å². The minimum atomic E-state index is -0.587. The number of nitrogens with one attached hydrogen (secondary N) is 1. The van der Waals surface area contributed by atoms with Crippen molar-refractivity contribution in [1.82, 2.24) is 9.88 Å². The van der Waals surface area contributed by atoms with E-state index in [0.29, 0.717) is 12.0 Å². The van der Waals surface area contributed by atoms with Crippen molar-refractivity contribution in [3.8, 4) is 0 Å². The number of pyridine rings is 1. The van der Waals surface area contributed by atoms with Crippen LogP contribution in [0.4, 0.5) is 19.3 Å². The van der Waals surface area contributed by atoms with Gasteiger partial charge in [-0.25, -0.2) is 14.2 Å². The third-order valence-electron chi connectivity index (χ3n) is 4.75. The number of carbonyl (C=O) groups is 1. The number of halogens is 3. The van der Waals surface area contributed by atoms with Gasteiger partial charge in [-0.1, -0.05) is 11.6 Å². The van der Waals surface area contributed by atoms with E-state index in [1.165, 1.54) is 18.3 Å². The van der Waals surface area contributed by atoms with Gasteiger partial charge in [-0.2, -0.15) is 4.39 Å². The maximum absolute atomic E-state index is 13.9. The standard InChI is InChI=1S/C17H14ClF2N3O/c18-9-1-3-14(13(19)7-9)22-17(24)23-10-2-4-15(23)11-5-6-21-16(20)12(11)8-10/h1,3,5-7,10,15H,2,4,8H2,(H,22,24)/t10-,15+/m0/s1. The second-order valence-electron chi connectivity index (χ2n) is 6.08. The van der Waals surface area contributed by atoms with Crippen LogP contribution in [0.1, 0.15) is 30.0 Å². The summed E-state index contributed by atoms with van der Waals surface area (Å²) in [7, 11) is 0. The summed E-state index contributed by atoms with van der Waals surface area (Å²) in [6.45, 7) is 0. The highest BCUT2D eigenvalue weighted by Crippen LogP contribution is 2.44. The van der Waals surface area contributed by atoms with Crippen LogP contribution < -0.4 is 5.32 Å². The Morgan fingerprint density at radius 2 is 2.12 bits per heavy atom. The number of benzene rings is 1. The van der Waals surface area contributed by atoms with Gasteiger partial charge in [0.2, 0.25) is 5.95 Å². The van der Waals surface area contributed by atoms with Gasteiger partial charge < -0.3 is 10.2 Å². The van der Waals surface area contributed by atoms with Crippen LogP contribution in [0.3, 0.4) is 0 Å². The maximum Gasteiger partial charge on any atom is 0.322 e. The molecule has 124 valence electrons. The van der Waals surface area contributed by atoms with Crippen LogP contribution in [-0.2, 0) is 6.42 Å². The normalized spacial score (nSPS) is 21.5. The van der Waals surface area contributed by atoms with Gasteiger partial charge in [0.05, 0.1) is 11.7 Å². The SMILES string of the molecule is O=C(Nc1ccc(Cl)cc1F)N1[C@H]2CC[C@@H]1c1ccnc(F)c1C2. The van der Waals surface area contributed by atoms with Crippen LogP contribution in [0.2, 0.25) is 5.02 Å². The van der Waals surface area contributed by atoms with E-state index in [9.17, 15) is 13.6 Å². The van der Waals surface area contributed by atoms with E-state index in [1.54, 1.807) is 11.0 Å². The lowest BCUT2D eigenvalue weighted by atomic mass is 9.95. The molecule has 0 saturated carbocycles. The molecule has 4 rings (SSSR count). The Balaban J connectivity index is 1.62. The second kappa shape index (κ2) is 5.70. The summed E-state index contributed by atoms with van der Waals surface area (Å²) in [6, 6.07) is 5.17. The van der Waals surface area contributed by atoms with Gasteiger partial charge >= 0.3 is 6.03 Å². The van der Waals surface area contributed by atoms with Crippen molar-refractivity contribution in [3.05, 3.63) is 58.4 Å². The zero-order chi connectivity index (χ0) is 16.8. The summed E-state index contributed by atoms with van der Waals surface area (Å²) < 4.78 is 27.8. The molecule has 1 saturated heterocycles. The first-order valence-corrected chi connectivity index (χ1v) is 8.10. The Labute approximate surface area is 142 Å². The average molecular weight is 350 g/mol. The lowest BCUT2D eigenvalue weighted by Gasteiger charge is -2.36. The monoisotopic (exact) mass is 349 g/mol. The third kappa shape index (κ3) is 2.41. The molecule has 2 amide bonds. The van der Waals surface area contributed by atoms with Crippen molar-refractivity contribution in [2.24, 2.45) is 0 Å². The molecule has 2 bridgehead atoms. The molecular formula is C17H14ClF2N3O. The third-order valence-corrected chi connectivity index (χ3v) is 4.98. The molecule has 7 heteroatoms. The minimum absolute atomic E-state index is 0.0792. The van der Waals surface area contributed by atoms with E-state index >= 15 is 0 Å². The first kappa shape index (κ1) is 15.3. The number of amides is 2. The van der Waals surface area contributed by atoms with Crippen molar-refractivity contribution < 1.29 is 13.6 Å². The van der Waals surface area contributed by atoms with Crippen molar-refractivity contribution in [3.63, 3.8) is 0 Å². The predicted octanol–water partition coefficient (Wildman–Crippen LogP) is 4.31. The van der Waals surface area contributed by atoms with E-state index in [1.807, 2.05) is 0 Å². The summed E-state index contributed by atoms with van der Waals surface area (Å²) >= 11 is 5.73. The van der Waals surface area contributed by atoms with Crippen molar-refractivity contribution in [2.45, 2.75) is 31.3 Å². The lowest BCUT2D eigenvalue weighted by Crippen LogP contribution is -2.44. The highest BCUT2D eigenvalue weighted by molar-refractivity contribution is 6.30. The summed E-state index contributed by atoms with van der Waals surface area (Å²) in [5.74, 6) is -1.05. The van der Waals surface area contributed by atoms with Gasteiger partial charge in [-0.15, -0.1) is 0 Å². The first-order chi connectivity index (χ1) is 11.5. The van der Waals surface area contributed by atoms with Crippen LogP contribution in [-0.4, -0.2) is 22.0 Å². The molecule has 2 atom stereocenters. The lowest BCUT2D eigenvalue weighted by molar-refractivity contribution is 0.178. The van der Waals surface area contributed by atoms with E-state index in [2.05, 4.69) is 10.3 Å². The van der Waals surface area contributed by atoms with Crippen molar-refractivity contribution in [1.29, 1.82) is 0 Å². The van der Waals surface area contributed by atoms with Crippen LogP contribution in [0.15, 0.2) is 30.5 Å². The fourth-order valence-corrected chi connectivity index (χ4v) is 3.86. The fourth-order valence-electron chi connectivity index (χ4n) is 3.70. The molecular weight excluding hydrogens is 336 g/mol. The van der Waals surface area contributed by atoms with E-state index < -0.39 is 11.8 Å². The van der Waals surface area contributed by atoms with Crippen LogP contribution in [0.5, 0.6) is 0 Å². The minimum Gasteiger partial charge on any atom is -0.314 e. The summed E-state index contributed by atoms with van der Waals surface area (Å²) in [5.41, 5.74) is 1.46. The summed E-state index contributed by atoms with van der Waals surface area (Å²) in [4.78, 5) is 18.1. The smallest absolute Gasteiger partial charge is 0.314 e. The molecule has 0 spiro atoms. The molecule has 2 aliphatic rings. The molecule has 1 aromatic heterocycles. The predicted molar refractivity (Wildman–Crippen MR) is 85.9 cm³/mol. The topological polar surface area (TPSA) is 45.2 Å². The van der Waals surface area contributed by atoms with E-state index in [4.69, 9.17) is 11.6 Å². The van der Waals surface area contributed by atoms with Gasteiger partial charge in [0, 0.05) is 22.8 Å². The van der Waals surface area contributed by atoms with Crippen molar-refractivity contribution >= 4 is 23.3 Å². The largest absolute Gasteiger partial charge is 0.322 e. The molecule has 2 aromatic rings. The molecule has 0 radical (unpaired) electrons. The quantitative estimate of drug-likeness (QED) is 0.780. The number of anilines is 1. The average Bonchev–Trinajstić information content (AvgIpc) is 2.86. The number of nitrogens with zero attached hydrogens (tertiary/aromatic N) is 2. The van der Waals surface area contributed by atoms with Crippen LogP contribution in [0.25, 0.3) is 0 Å². The molecule has 0 unspecified atom stereocenters. The number of hydrogen-bond donors (Lipinski definition) is 1. The summed E-state index contributed by atoms with van der Waals surface area (Å²) in [5, 5.41) is 2.86. The number of fused-ring (bicyclic) bond motifs is 4. The van der Waals surface area contributed by atoms with Crippen molar-refractivity contribution in [2.75, 3.05) is 5.32 Å². The first-order valence-electron chi connectivity index (χ1n) is 7.72. The molecule has 0 aliphatic carbocycles. The van der Waals surface area contributed by atoms with Gasteiger partial charge in [0.25, 0.3) is 0 Å². The number of urea groups is 1. The Bertz CT molecular complexity index is 829. The molecule has 24 heavy (non-hydrogen) atoms. The van der Waals surface area contributed by atoms with Gasteiger partial charge in [-0.05, 0) is 49.1 Å². The van der Waals surface area contributed by atoms with Gasteiger partial charge in [0.1, 0.15) is 5.82 Å². The Hall–Kier alpha value is -2.21. The molecule has 1 aromatic carbocycles. The van der Waals surface area contributed by atoms with Crippen LogP contribution in [0, 0.1) is 11.8 Å². The molecule has 4 nitrogen and oxygen atoms in total. The van der Waals surface area contributed by atoms with Crippen LogP contribution >= 0.6 is 11.6 Å². The zero-order valence-electron chi connectivity index (χ0n) is 12.6. The molecule has 1 fully saturated rings. The molecule has 1 N–H and O–H groups in total. The fraction of sp³-hybridized carbons (Fsp3) is 0.294. The summed E-state index contributed by atoms with van der Waals surface area (Å²) in [6.07, 6.45) is 3.40. The molecule has 3 heterocycles. The zero-order valence-corrected chi connectivity index (χ0v) is 13.4. The maximum atomic E-state index is 13.9. The number of hydrogen-bond acceptors (Lipinski definition) is 2. The number of rotatable bonds is 1. The Morgan fingerprint density at radius 1 is 1.29 bits per heavy atom. The highest BCUT2D eigenvalue weighted by Gasteiger charge is 2.43. The second-order valence-corrected chi connectivity index (χ2v) is 6.52.